The lowest BCUT2D eigenvalue weighted by Gasteiger charge is -2.27. The summed E-state index contributed by atoms with van der Waals surface area (Å²) in [5, 5.41) is 3.73. The standard InChI is InChI=1S/C25H26ClFN2O5/c1-25(2,3)34-24(31)28-14-18-11-17-10-16(13-20(26)22(17)33-18)15-4-5-21(27)19(12-15)23(30)29-6-8-32-9-7-29/h4-5,10-13H,6-9,14H2,1-3H3,(H,28,31). The first-order valence-corrected chi connectivity index (χ1v) is 11.3. The predicted octanol–water partition coefficient (Wildman–Crippen LogP) is 5.39. The molecule has 2 heterocycles. The van der Waals surface area contributed by atoms with Gasteiger partial charge in [0.15, 0.2) is 5.58 Å². The molecule has 0 saturated carbocycles. The van der Waals surface area contributed by atoms with Crippen LogP contribution in [-0.4, -0.2) is 48.8 Å². The second-order valence-electron chi connectivity index (χ2n) is 9.04. The molecule has 0 unspecified atom stereocenters. The number of benzene rings is 2. The first kappa shape index (κ1) is 24.0. The van der Waals surface area contributed by atoms with Gasteiger partial charge in [0, 0.05) is 18.5 Å². The fourth-order valence-corrected chi connectivity index (χ4v) is 3.96. The van der Waals surface area contributed by atoms with Crippen molar-refractivity contribution in [2.75, 3.05) is 26.3 Å². The first-order valence-electron chi connectivity index (χ1n) is 11.0. The van der Waals surface area contributed by atoms with E-state index in [0.29, 0.717) is 59.2 Å². The normalized spacial score (nSPS) is 14.3. The molecule has 1 fully saturated rings. The highest BCUT2D eigenvalue weighted by atomic mass is 35.5. The molecule has 0 radical (unpaired) electrons. The second kappa shape index (κ2) is 9.64. The third kappa shape index (κ3) is 5.51. The van der Waals surface area contributed by atoms with Gasteiger partial charge in [-0.15, -0.1) is 0 Å². The van der Waals surface area contributed by atoms with E-state index in [2.05, 4.69) is 5.32 Å². The summed E-state index contributed by atoms with van der Waals surface area (Å²) in [4.78, 5) is 26.3. The van der Waals surface area contributed by atoms with Crippen LogP contribution in [0.25, 0.3) is 22.1 Å². The largest absolute Gasteiger partial charge is 0.458 e. The summed E-state index contributed by atoms with van der Waals surface area (Å²) in [7, 11) is 0. The predicted molar refractivity (Wildman–Crippen MR) is 126 cm³/mol. The number of amides is 2. The average Bonchev–Trinajstić information content (AvgIpc) is 3.21. The van der Waals surface area contributed by atoms with Crippen LogP contribution >= 0.6 is 11.6 Å². The van der Waals surface area contributed by atoms with Gasteiger partial charge in [0.1, 0.15) is 17.2 Å². The van der Waals surface area contributed by atoms with Crippen LogP contribution in [0.3, 0.4) is 0 Å². The third-order valence-electron chi connectivity index (χ3n) is 5.26. The minimum absolute atomic E-state index is 0.00469. The number of fused-ring (bicyclic) bond motifs is 1. The lowest BCUT2D eigenvalue weighted by atomic mass is 10.0. The van der Waals surface area contributed by atoms with Gasteiger partial charge in [0.05, 0.1) is 30.3 Å². The fraction of sp³-hybridized carbons (Fsp3) is 0.360. The van der Waals surface area contributed by atoms with Crippen molar-refractivity contribution >= 4 is 34.6 Å². The zero-order valence-electron chi connectivity index (χ0n) is 19.2. The number of ether oxygens (including phenoxy) is 2. The molecule has 180 valence electrons. The number of carbonyl (C=O) groups excluding carboxylic acids is 2. The van der Waals surface area contributed by atoms with Crippen molar-refractivity contribution in [2.45, 2.75) is 32.9 Å². The van der Waals surface area contributed by atoms with Crippen LogP contribution in [-0.2, 0) is 16.0 Å². The van der Waals surface area contributed by atoms with Crippen molar-refractivity contribution in [2.24, 2.45) is 0 Å². The molecule has 9 heteroatoms. The van der Waals surface area contributed by atoms with Gasteiger partial charge in [0.25, 0.3) is 5.91 Å². The molecule has 1 aliphatic heterocycles. The lowest BCUT2D eigenvalue weighted by Crippen LogP contribution is -2.41. The van der Waals surface area contributed by atoms with E-state index in [4.69, 9.17) is 25.5 Å². The van der Waals surface area contributed by atoms with Crippen LogP contribution in [0.2, 0.25) is 5.02 Å². The Morgan fingerprint density at radius 2 is 1.85 bits per heavy atom. The van der Waals surface area contributed by atoms with E-state index in [0.717, 1.165) is 0 Å². The van der Waals surface area contributed by atoms with Gasteiger partial charge >= 0.3 is 6.09 Å². The van der Waals surface area contributed by atoms with E-state index in [1.54, 1.807) is 43.9 Å². The van der Waals surface area contributed by atoms with Gasteiger partial charge < -0.3 is 24.1 Å². The van der Waals surface area contributed by atoms with Crippen molar-refractivity contribution in [3.8, 4) is 11.1 Å². The first-order chi connectivity index (χ1) is 16.1. The molecule has 4 rings (SSSR count). The number of alkyl carbamates (subject to hydrolysis) is 1. The van der Waals surface area contributed by atoms with E-state index in [1.165, 1.54) is 12.1 Å². The molecule has 1 N–H and O–H groups in total. The van der Waals surface area contributed by atoms with Gasteiger partial charge in [-0.3, -0.25) is 4.79 Å². The topological polar surface area (TPSA) is 81.0 Å². The molecule has 0 bridgehead atoms. The van der Waals surface area contributed by atoms with E-state index in [-0.39, 0.29) is 18.0 Å². The minimum atomic E-state index is -0.604. The van der Waals surface area contributed by atoms with E-state index >= 15 is 0 Å². The maximum Gasteiger partial charge on any atom is 0.408 e. The number of hydrogen-bond acceptors (Lipinski definition) is 5. The van der Waals surface area contributed by atoms with Gasteiger partial charge in [-0.2, -0.15) is 0 Å². The molecular weight excluding hydrogens is 463 g/mol. The van der Waals surface area contributed by atoms with Crippen LogP contribution in [0.4, 0.5) is 9.18 Å². The highest BCUT2D eigenvalue weighted by Crippen LogP contribution is 2.34. The molecule has 1 aromatic heterocycles. The highest BCUT2D eigenvalue weighted by molar-refractivity contribution is 6.35. The maximum absolute atomic E-state index is 14.5. The minimum Gasteiger partial charge on any atom is -0.458 e. The molecule has 1 saturated heterocycles. The van der Waals surface area contributed by atoms with Crippen LogP contribution in [0.5, 0.6) is 0 Å². The van der Waals surface area contributed by atoms with Gasteiger partial charge in [-0.05, 0) is 62.2 Å². The summed E-state index contributed by atoms with van der Waals surface area (Å²) in [6.45, 7) is 7.20. The Kier molecular flexibility index (Phi) is 6.81. The number of carbonyl (C=O) groups is 2. The molecule has 0 spiro atoms. The monoisotopic (exact) mass is 488 g/mol. The number of nitrogens with zero attached hydrogens (tertiary/aromatic N) is 1. The smallest absolute Gasteiger partial charge is 0.408 e. The van der Waals surface area contributed by atoms with Crippen molar-refractivity contribution < 1.29 is 27.9 Å². The quantitative estimate of drug-likeness (QED) is 0.532. The van der Waals surface area contributed by atoms with Crippen LogP contribution in [0, 0.1) is 5.82 Å². The Labute approximate surface area is 201 Å². The summed E-state index contributed by atoms with van der Waals surface area (Å²) in [5.41, 5.74) is 1.23. The number of morpholine rings is 1. The number of nitrogens with one attached hydrogen (secondary N) is 1. The number of halogens is 2. The van der Waals surface area contributed by atoms with Gasteiger partial charge in [-0.1, -0.05) is 17.7 Å². The van der Waals surface area contributed by atoms with Crippen LogP contribution in [0.15, 0.2) is 40.8 Å². The summed E-state index contributed by atoms with van der Waals surface area (Å²) < 4.78 is 30.8. The Morgan fingerprint density at radius 3 is 2.56 bits per heavy atom. The lowest BCUT2D eigenvalue weighted by molar-refractivity contribution is 0.0300. The van der Waals surface area contributed by atoms with Gasteiger partial charge in [0.2, 0.25) is 0 Å². The number of rotatable bonds is 4. The zero-order valence-corrected chi connectivity index (χ0v) is 20.0. The summed E-state index contributed by atoms with van der Waals surface area (Å²) in [6.07, 6.45) is -0.552. The summed E-state index contributed by atoms with van der Waals surface area (Å²) in [5.74, 6) is -0.443. The molecule has 2 amide bonds. The summed E-state index contributed by atoms with van der Waals surface area (Å²) in [6, 6.07) is 9.74. The molecule has 3 aromatic rings. The van der Waals surface area contributed by atoms with E-state index in [1.807, 2.05) is 6.07 Å². The fourth-order valence-electron chi connectivity index (χ4n) is 3.70. The van der Waals surface area contributed by atoms with Crippen molar-refractivity contribution in [3.63, 3.8) is 0 Å². The Balaban J connectivity index is 1.57. The molecule has 34 heavy (non-hydrogen) atoms. The van der Waals surface area contributed by atoms with Crippen molar-refractivity contribution in [1.82, 2.24) is 10.2 Å². The SMILES string of the molecule is CC(C)(C)OC(=O)NCc1cc2cc(-c3ccc(F)c(C(=O)N4CCOCC4)c3)cc(Cl)c2o1. The molecular formula is C25H26ClFN2O5. The van der Waals surface area contributed by atoms with Crippen LogP contribution in [0.1, 0.15) is 36.9 Å². The molecule has 0 aliphatic carbocycles. The van der Waals surface area contributed by atoms with Crippen molar-refractivity contribution in [1.29, 1.82) is 0 Å². The van der Waals surface area contributed by atoms with Crippen LogP contribution < -0.4 is 5.32 Å². The molecule has 1 aliphatic rings. The van der Waals surface area contributed by atoms with E-state index in [9.17, 15) is 14.0 Å². The van der Waals surface area contributed by atoms with Gasteiger partial charge in [-0.25, -0.2) is 9.18 Å². The van der Waals surface area contributed by atoms with Crippen molar-refractivity contribution in [3.05, 3.63) is 58.6 Å². The molecule has 7 nitrogen and oxygen atoms in total. The average molecular weight is 489 g/mol. The Bertz CT molecular complexity index is 1230. The second-order valence-corrected chi connectivity index (χ2v) is 9.45. The molecule has 0 atom stereocenters. The molecule has 2 aromatic carbocycles. The summed E-state index contributed by atoms with van der Waals surface area (Å²) >= 11 is 6.46. The third-order valence-corrected chi connectivity index (χ3v) is 5.54. The van der Waals surface area contributed by atoms with E-state index < -0.39 is 17.5 Å². The Hall–Kier alpha value is -3.10. The number of furan rings is 1. The highest BCUT2D eigenvalue weighted by Gasteiger charge is 2.22. The maximum atomic E-state index is 14.5. The number of hydrogen-bond donors (Lipinski definition) is 1. The zero-order chi connectivity index (χ0) is 24.5. The Morgan fingerprint density at radius 1 is 1.12 bits per heavy atom.